The monoisotopic (exact) mass is 600 g/mol. The summed E-state index contributed by atoms with van der Waals surface area (Å²) in [6.45, 7) is 4.53. The smallest absolute Gasteiger partial charge is 1.00 e. The first-order valence-corrected chi connectivity index (χ1v) is 15.9. The van der Waals surface area contributed by atoms with E-state index in [2.05, 4.69) is 13.8 Å². The molecule has 0 heterocycles. The van der Waals surface area contributed by atoms with E-state index in [4.69, 9.17) is 4.74 Å². The molecule has 0 bridgehead atoms. The number of unbranched alkanes of at least 4 members (excludes halogenated alkanes) is 24. The molecule has 0 aliphatic rings. The second-order valence-electron chi connectivity index (χ2n) is 10.8. The summed E-state index contributed by atoms with van der Waals surface area (Å²) in [5.41, 5.74) is 0. The normalized spacial score (nSPS) is 10.5. The molecule has 0 saturated carbocycles. The quantitative estimate of drug-likeness (QED) is 0.0387. The van der Waals surface area contributed by atoms with Crippen LogP contribution in [0, 0.1) is 0 Å². The number of hydrogen-bond acceptors (Lipinski definition) is 3. The van der Waals surface area contributed by atoms with Gasteiger partial charge in [-0.3, -0.25) is 9.59 Å². The molecule has 0 aromatic rings. The van der Waals surface area contributed by atoms with E-state index in [9.17, 15) is 9.59 Å². The standard InChI is InChI=1S/C32H62O3.Ca.Zn.2H/c1-3-5-7-9-11-13-15-16-17-18-20-22-24-26-28-30-32(34)35-31(33)29-27-25-23-21-19-14-12-10-8-6-4-2;;;;/h3-30H2,1-2H3;;;;/q;+2;;2*-1. The number of ether oxygens (including phenoxy) is 1. The minimum Gasteiger partial charge on any atom is -1.00 e. The number of esters is 2. The number of carbonyl (C=O) groups is 2. The molecule has 0 fully saturated rings. The Labute approximate surface area is 277 Å². The average Bonchev–Trinajstić information content (AvgIpc) is 2.85. The Hall–Kier alpha value is 1.02. The average molecular weight is 602 g/mol. The zero-order chi connectivity index (χ0) is 25.7. The second kappa shape index (κ2) is 37.0. The van der Waals surface area contributed by atoms with Gasteiger partial charge in [0.05, 0.1) is 0 Å². The molecular weight excluding hydrogens is 538 g/mol. The molecule has 214 valence electrons. The van der Waals surface area contributed by atoms with Gasteiger partial charge in [0.2, 0.25) is 0 Å². The van der Waals surface area contributed by atoms with E-state index in [1.807, 2.05) is 0 Å². The summed E-state index contributed by atoms with van der Waals surface area (Å²) >= 11 is 0. The maximum atomic E-state index is 11.8. The van der Waals surface area contributed by atoms with Crippen LogP contribution in [-0.4, -0.2) is 49.7 Å². The third kappa shape index (κ3) is 37.0. The fraction of sp³-hybridized carbons (Fsp3) is 0.938. The van der Waals surface area contributed by atoms with Crippen LogP contribution in [0.4, 0.5) is 0 Å². The summed E-state index contributed by atoms with van der Waals surface area (Å²) in [6, 6.07) is 0. The molecular formula is C32H64CaO3Zn. The van der Waals surface area contributed by atoms with Gasteiger partial charge in [0.1, 0.15) is 0 Å². The molecule has 0 aliphatic heterocycles. The van der Waals surface area contributed by atoms with Crippen molar-refractivity contribution >= 4 is 49.7 Å². The minimum absolute atomic E-state index is 0. The molecule has 37 heavy (non-hydrogen) atoms. The van der Waals surface area contributed by atoms with Gasteiger partial charge in [-0.15, -0.1) is 0 Å². The summed E-state index contributed by atoms with van der Waals surface area (Å²) in [4.78, 5) is 23.7. The van der Waals surface area contributed by atoms with E-state index in [0.29, 0.717) is 12.8 Å². The van der Waals surface area contributed by atoms with Crippen molar-refractivity contribution in [1.82, 2.24) is 0 Å². The van der Waals surface area contributed by atoms with Crippen LogP contribution >= 0.6 is 0 Å². The predicted molar refractivity (Wildman–Crippen MR) is 160 cm³/mol. The summed E-state index contributed by atoms with van der Waals surface area (Å²) in [6.07, 6.45) is 34.3. The van der Waals surface area contributed by atoms with Crippen LogP contribution in [0.25, 0.3) is 0 Å². The summed E-state index contributed by atoms with van der Waals surface area (Å²) < 4.78 is 4.98. The number of carbonyl (C=O) groups excluding carboxylic acids is 2. The van der Waals surface area contributed by atoms with Crippen LogP contribution in [0.5, 0.6) is 0 Å². The summed E-state index contributed by atoms with van der Waals surface area (Å²) in [5.74, 6) is -0.653. The van der Waals surface area contributed by atoms with Gasteiger partial charge < -0.3 is 7.59 Å². The Morgan fingerprint density at radius 1 is 0.405 bits per heavy atom. The fourth-order valence-electron chi connectivity index (χ4n) is 4.80. The zero-order valence-electron chi connectivity index (χ0n) is 27.4. The van der Waals surface area contributed by atoms with E-state index >= 15 is 0 Å². The van der Waals surface area contributed by atoms with Gasteiger partial charge in [-0.1, -0.05) is 168 Å². The number of rotatable bonds is 28. The van der Waals surface area contributed by atoms with Crippen LogP contribution < -0.4 is 0 Å². The Balaban J connectivity index is -0.000000963. The topological polar surface area (TPSA) is 43.4 Å². The first-order chi connectivity index (χ1) is 17.2. The fourth-order valence-corrected chi connectivity index (χ4v) is 4.80. The van der Waals surface area contributed by atoms with Gasteiger partial charge in [0, 0.05) is 32.3 Å². The van der Waals surface area contributed by atoms with Crippen LogP contribution in [0.3, 0.4) is 0 Å². The third-order valence-corrected chi connectivity index (χ3v) is 7.20. The van der Waals surface area contributed by atoms with Gasteiger partial charge >= 0.3 is 49.7 Å². The van der Waals surface area contributed by atoms with E-state index in [-0.39, 0.29) is 72.0 Å². The van der Waals surface area contributed by atoms with E-state index < -0.39 is 0 Å². The molecule has 0 rings (SSSR count). The first kappa shape index (κ1) is 42.5. The molecule has 0 saturated heterocycles. The predicted octanol–water partition coefficient (Wildman–Crippen LogP) is 10.9. The van der Waals surface area contributed by atoms with Gasteiger partial charge in [-0.25, -0.2) is 0 Å². The molecule has 0 N–H and O–H groups in total. The van der Waals surface area contributed by atoms with Crippen molar-refractivity contribution in [2.75, 3.05) is 0 Å². The Bertz CT molecular complexity index is 471. The first-order valence-electron chi connectivity index (χ1n) is 15.9. The van der Waals surface area contributed by atoms with Gasteiger partial charge in [-0.05, 0) is 12.8 Å². The van der Waals surface area contributed by atoms with Gasteiger partial charge in [-0.2, -0.15) is 0 Å². The molecule has 0 radical (unpaired) electrons. The maximum absolute atomic E-state index is 11.8. The summed E-state index contributed by atoms with van der Waals surface area (Å²) in [5, 5.41) is 0. The van der Waals surface area contributed by atoms with Crippen LogP contribution in [0.1, 0.15) is 196 Å². The van der Waals surface area contributed by atoms with Crippen LogP contribution in [0.15, 0.2) is 0 Å². The van der Waals surface area contributed by atoms with Crippen molar-refractivity contribution in [2.24, 2.45) is 0 Å². The molecule has 0 unspecified atom stereocenters. The molecule has 0 aromatic heterocycles. The molecule has 0 spiro atoms. The van der Waals surface area contributed by atoms with Crippen LogP contribution in [0.2, 0.25) is 0 Å². The largest absolute Gasteiger partial charge is 2.00 e. The molecule has 0 atom stereocenters. The molecule has 5 heteroatoms. The van der Waals surface area contributed by atoms with Crippen molar-refractivity contribution in [3.05, 3.63) is 0 Å². The maximum Gasteiger partial charge on any atom is 2.00 e. The Kier molecular flexibility index (Phi) is 42.5. The molecule has 0 aromatic carbocycles. The van der Waals surface area contributed by atoms with Crippen LogP contribution in [-0.2, 0) is 33.8 Å². The van der Waals surface area contributed by atoms with E-state index in [0.717, 1.165) is 25.7 Å². The zero-order valence-corrected chi connectivity index (χ0v) is 30.6. The van der Waals surface area contributed by atoms with E-state index in [1.165, 1.54) is 141 Å². The molecule has 0 amide bonds. The van der Waals surface area contributed by atoms with Crippen molar-refractivity contribution in [3.63, 3.8) is 0 Å². The van der Waals surface area contributed by atoms with E-state index in [1.54, 1.807) is 0 Å². The molecule has 3 nitrogen and oxygen atoms in total. The Morgan fingerprint density at radius 3 is 0.811 bits per heavy atom. The Morgan fingerprint density at radius 2 is 0.595 bits per heavy atom. The molecule has 0 aliphatic carbocycles. The van der Waals surface area contributed by atoms with Gasteiger partial charge in [0.15, 0.2) is 0 Å². The van der Waals surface area contributed by atoms with Crippen molar-refractivity contribution in [1.29, 1.82) is 0 Å². The minimum atomic E-state index is -0.327. The second-order valence-corrected chi connectivity index (χ2v) is 10.8. The van der Waals surface area contributed by atoms with Crippen molar-refractivity contribution in [2.45, 2.75) is 194 Å². The van der Waals surface area contributed by atoms with Crippen molar-refractivity contribution in [3.8, 4) is 0 Å². The number of hydrogen-bond donors (Lipinski definition) is 0. The SMILES string of the molecule is CCCCCCCCCCCCCCCCCC(=O)OC(=O)CCCCCCCCCCCCC.[Ca+2].[H-].[H-].[Zn]. The summed E-state index contributed by atoms with van der Waals surface area (Å²) in [7, 11) is 0. The van der Waals surface area contributed by atoms with Crippen molar-refractivity contribution < 1.29 is 36.7 Å². The van der Waals surface area contributed by atoms with Gasteiger partial charge in [0.25, 0.3) is 0 Å². The third-order valence-electron chi connectivity index (χ3n) is 7.20.